The van der Waals surface area contributed by atoms with Gasteiger partial charge in [-0.2, -0.15) is 0 Å². The summed E-state index contributed by atoms with van der Waals surface area (Å²) in [6, 6.07) is 6.36. The molecule has 0 radical (unpaired) electrons. The minimum Gasteiger partial charge on any atom is -0.481 e. The Hall–Kier alpha value is -2.68. The van der Waals surface area contributed by atoms with Gasteiger partial charge in [-0.1, -0.05) is 17.7 Å². The van der Waals surface area contributed by atoms with Crippen molar-refractivity contribution in [2.45, 2.75) is 51.0 Å². The fourth-order valence-corrected chi connectivity index (χ4v) is 3.65. The second-order valence-electron chi connectivity index (χ2n) is 7.54. The Bertz CT molecular complexity index is 955. The van der Waals surface area contributed by atoms with Crippen LogP contribution in [0.2, 0.25) is 0 Å². The van der Waals surface area contributed by atoms with E-state index >= 15 is 0 Å². The van der Waals surface area contributed by atoms with Crippen LogP contribution in [0.4, 0.5) is 0 Å². The third kappa shape index (κ3) is 5.66. The fraction of sp³-hybridized carbons (Fsp3) is 0.421. The summed E-state index contributed by atoms with van der Waals surface area (Å²) >= 11 is 0. The molecule has 1 atom stereocenters. The highest BCUT2D eigenvalue weighted by Gasteiger charge is 2.27. The number of esters is 1. The van der Waals surface area contributed by atoms with Crippen LogP contribution in [0.3, 0.4) is 0 Å². The van der Waals surface area contributed by atoms with E-state index in [9.17, 15) is 23.1 Å². The number of carbonyl (C=O) groups is 2. The summed E-state index contributed by atoms with van der Waals surface area (Å²) in [7, 11) is -3.82. The maximum Gasteiger partial charge on any atom is 0.307 e. The van der Waals surface area contributed by atoms with E-state index in [1.165, 1.54) is 18.3 Å². The molecule has 0 saturated carbocycles. The van der Waals surface area contributed by atoms with E-state index in [1.807, 2.05) is 6.92 Å². The first kappa shape index (κ1) is 21.6. The minimum absolute atomic E-state index is 0.0923. The number of imidazole rings is 1. The molecule has 0 fully saturated rings. The number of aromatic nitrogens is 2. The van der Waals surface area contributed by atoms with Crippen molar-refractivity contribution < 1.29 is 27.9 Å². The van der Waals surface area contributed by atoms with E-state index in [-0.39, 0.29) is 23.4 Å². The molecule has 8 nitrogen and oxygen atoms in total. The summed E-state index contributed by atoms with van der Waals surface area (Å²) in [5.74, 6) is -2.88. The molecule has 0 aliphatic rings. The number of hydrogen-bond acceptors (Lipinski definition) is 6. The highest BCUT2D eigenvalue weighted by molar-refractivity contribution is 7.90. The predicted molar refractivity (Wildman–Crippen MR) is 101 cm³/mol. The van der Waals surface area contributed by atoms with Crippen molar-refractivity contribution >= 4 is 22.0 Å². The molecular weight excluding hydrogens is 384 g/mol. The summed E-state index contributed by atoms with van der Waals surface area (Å²) in [4.78, 5) is 27.5. The van der Waals surface area contributed by atoms with Crippen molar-refractivity contribution in [1.29, 1.82) is 0 Å². The van der Waals surface area contributed by atoms with Crippen molar-refractivity contribution in [3.63, 3.8) is 0 Å². The molecule has 1 N–H and O–H groups in total. The van der Waals surface area contributed by atoms with Crippen LogP contribution < -0.4 is 0 Å². The molecule has 2 rings (SSSR count). The summed E-state index contributed by atoms with van der Waals surface area (Å²) < 4.78 is 31.4. The van der Waals surface area contributed by atoms with Crippen molar-refractivity contribution in [3.05, 3.63) is 48.0 Å². The van der Waals surface area contributed by atoms with E-state index in [2.05, 4.69) is 4.98 Å². The molecule has 1 heterocycles. The zero-order valence-electron chi connectivity index (χ0n) is 16.2. The lowest BCUT2D eigenvalue weighted by molar-refractivity contribution is -0.159. The second-order valence-corrected chi connectivity index (χ2v) is 9.39. The van der Waals surface area contributed by atoms with Crippen LogP contribution in [0.25, 0.3) is 0 Å². The zero-order valence-corrected chi connectivity index (χ0v) is 17.1. The van der Waals surface area contributed by atoms with Crippen LogP contribution in [0.1, 0.15) is 38.4 Å². The molecular formula is C19H24N2O6S. The number of aliphatic carboxylic acids is 1. The maximum atomic E-state index is 12.6. The number of aryl methyl sites for hydroxylation is 1. The van der Waals surface area contributed by atoms with Crippen LogP contribution in [0.5, 0.6) is 0 Å². The smallest absolute Gasteiger partial charge is 0.307 e. The van der Waals surface area contributed by atoms with E-state index in [1.54, 1.807) is 32.9 Å². The third-order valence-corrected chi connectivity index (χ3v) is 5.47. The van der Waals surface area contributed by atoms with Gasteiger partial charge < -0.3 is 9.84 Å². The first-order valence-corrected chi connectivity index (χ1v) is 10.1. The molecule has 9 heteroatoms. The second kappa shape index (κ2) is 8.14. The Labute approximate surface area is 164 Å². The first-order valence-electron chi connectivity index (χ1n) is 8.68. The molecule has 0 unspecified atom stereocenters. The van der Waals surface area contributed by atoms with Gasteiger partial charge in [0.2, 0.25) is 0 Å². The van der Waals surface area contributed by atoms with Crippen LogP contribution in [-0.4, -0.2) is 40.0 Å². The first-order chi connectivity index (χ1) is 12.9. The Balaban J connectivity index is 2.16. The molecule has 2 aromatic rings. The van der Waals surface area contributed by atoms with Gasteiger partial charge in [0.05, 0.1) is 22.9 Å². The number of carboxylic acid groups (broad SMARTS) is 1. The summed E-state index contributed by atoms with van der Waals surface area (Å²) in [5, 5.41) is 9.39. The highest BCUT2D eigenvalue weighted by Crippen LogP contribution is 2.18. The summed E-state index contributed by atoms with van der Waals surface area (Å²) in [6.45, 7) is 6.93. The number of carboxylic acids is 1. The minimum atomic E-state index is -3.82. The summed E-state index contributed by atoms with van der Waals surface area (Å²) in [6.07, 6.45) is 1.96. The number of carbonyl (C=O) groups excluding carboxylic acids is 1. The van der Waals surface area contributed by atoms with Crippen molar-refractivity contribution in [2.24, 2.45) is 5.92 Å². The van der Waals surface area contributed by atoms with E-state index in [4.69, 9.17) is 4.74 Å². The van der Waals surface area contributed by atoms with Crippen LogP contribution in [0.15, 0.2) is 41.7 Å². The number of benzene rings is 1. The Morgan fingerprint density at radius 1 is 1.21 bits per heavy atom. The number of hydrogen-bond donors (Lipinski definition) is 1. The third-order valence-electron chi connectivity index (χ3n) is 3.85. The van der Waals surface area contributed by atoms with Gasteiger partial charge in [0.1, 0.15) is 11.9 Å². The van der Waals surface area contributed by atoms with Crippen molar-refractivity contribution in [1.82, 2.24) is 8.96 Å². The Kier molecular flexibility index (Phi) is 6.28. The van der Waals surface area contributed by atoms with Gasteiger partial charge in [-0.25, -0.2) is 17.4 Å². The van der Waals surface area contributed by atoms with Gasteiger partial charge >= 0.3 is 11.9 Å². The highest BCUT2D eigenvalue weighted by atomic mass is 32.2. The normalized spacial score (nSPS) is 13.1. The van der Waals surface area contributed by atoms with Gasteiger partial charge in [0.15, 0.2) is 0 Å². The van der Waals surface area contributed by atoms with Gasteiger partial charge in [0, 0.05) is 12.6 Å². The average molecular weight is 408 g/mol. The van der Waals surface area contributed by atoms with E-state index in [0.29, 0.717) is 0 Å². The molecule has 0 spiro atoms. The lowest BCUT2D eigenvalue weighted by atomic mass is 10.00. The van der Waals surface area contributed by atoms with E-state index < -0.39 is 33.5 Å². The zero-order chi connectivity index (χ0) is 21.1. The molecule has 1 aromatic carbocycles. The predicted octanol–water partition coefficient (Wildman–Crippen LogP) is 2.40. The Morgan fingerprint density at radius 3 is 2.36 bits per heavy atom. The number of rotatable bonds is 7. The van der Waals surface area contributed by atoms with Gasteiger partial charge in [-0.3, -0.25) is 9.59 Å². The van der Waals surface area contributed by atoms with Crippen molar-refractivity contribution in [3.8, 4) is 0 Å². The summed E-state index contributed by atoms with van der Waals surface area (Å²) in [5.41, 5.74) is 0.465. The molecule has 1 aromatic heterocycles. The van der Waals surface area contributed by atoms with E-state index in [0.717, 1.165) is 15.9 Å². The SMILES string of the molecule is Cc1ccc(S(=O)(=O)n2cnc(C[C@H](CC(=O)OC(C)(C)C)C(=O)O)c2)cc1. The van der Waals surface area contributed by atoms with Gasteiger partial charge in [0.25, 0.3) is 10.0 Å². The molecule has 0 bridgehead atoms. The topological polar surface area (TPSA) is 116 Å². The van der Waals surface area contributed by atoms with Crippen LogP contribution in [-0.2, 0) is 30.8 Å². The van der Waals surface area contributed by atoms with Crippen LogP contribution >= 0.6 is 0 Å². The molecule has 0 aliphatic carbocycles. The fourth-order valence-electron chi connectivity index (χ4n) is 2.50. The molecule has 28 heavy (non-hydrogen) atoms. The Morgan fingerprint density at radius 2 is 1.82 bits per heavy atom. The maximum absolute atomic E-state index is 12.6. The molecule has 0 aliphatic heterocycles. The lowest BCUT2D eigenvalue weighted by Crippen LogP contribution is -2.28. The lowest BCUT2D eigenvalue weighted by Gasteiger charge is -2.20. The average Bonchev–Trinajstić information content (AvgIpc) is 3.02. The molecule has 152 valence electrons. The number of nitrogens with zero attached hydrogens (tertiary/aromatic N) is 2. The molecule has 0 amide bonds. The van der Waals surface area contributed by atoms with Crippen molar-refractivity contribution in [2.75, 3.05) is 0 Å². The van der Waals surface area contributed by atoms with Gasteiger partial charge in [-0.15, -0.1) is 0 Å². The largest absolute Gasteiger partial charge is 0.481 e. The number of ether oxygens (including phenoxy) is 1. The van der Waals surface area contributed by atoms with Gasteiger partial charge in [-0.05, 0) is 39.8 Å². The van der Waals surface area contributed by atoms with Crippen LogP contribution in [0, 0.1) is 12.8 Å². The monoisotopic (exact) mass is 408 g/mol. The standard InChI is InChI=1S/C19H24N2O6S/c1-13-5-7-16(8-6-13)28(25,26)21-11-15(20-12-21)9-14(18(23)24)10-17(22)27-19(2,3)4/h5-8,11-12,14H,9-10H2,1-4H3,(H,23,24)/t14-/m1/s1. The quantitative estimate of drug-likeness (QED) is 0.699. The molecule has 0 saturated heterocycles.